The van der Waals surface area contributed by atoms with Crippen LogP contribution in [0.5, 0.6) is 5.75 Å². The van der Waals surface area contributed by atoms with Gasteiger partial charge in [-0.3, -0.25) is 4.79 Å². The summed E-state index contributed by atoms with van der Waals surface area (Å²) in [5.74, 6) is 0.0787. The van der Waals surface area contributed by atoms with E-state index in [-0.39, 0.29) is 11.7 Å². The van der Waals surface area contributed by atoms with Crippen molar-refractivity contribution in [2.45, 2.75) is 29.4 Å². The molecule has 2 heterocycles. The molecule has 0 saturated carbocycles. The first-order chi connectivity index (χ1) is 13.8. The van der Waals surface area contributed by atoms with E-state index in [4.69, 9.17) is 4.42 Å². The van der Waals surface area contributed by atoms with Gasteiger partial charge in [-0.2, -0.15) is 0 Å². The lowest BCUT2D eigenvalue weighted by molar-refractivity contribution is -0.274. The second-order valence-corrected chi connectivity index (χ2v) is 8.19. The van der Waals surface area contributed by atoms with Crippen molar-refractivity contribution >= 4 is 39.8 Å². The zero-order valence-corrected chi connectivity index (χ0v) is 16.5. The van der Waals surface area contributed by atoms with E-state index in [1.54, 1.807) is 19.3 Å². The number of nitrogens with zero attached hydrogens (tertiary/aromatic N) is 2. The van der Waals surface area contributed by atoms with Crippen molar-refractivity contribution in [3.8, 4) is 5.75 Å². The van der Waals surface area contributed by atoms with Crippen LogP contribution in [0.4, 0.5) is 24.0 Å². The summed E-state index contributed by atoms with van der Waals surface area (Å²) in [6, 6.07) is 8.54. The topological polar surface area (TPSA) is 89.3 Å². The Morgan fingerprint density at radius 1 is 1.28 bits per heavy atom. The minimum absolute atomic E-state index is 0.320. The Balaban J connectivity index is 1.49. The molecule has 29 heavy (non-hydrogen) atoms. The standard InChI is InChI=1S/C17H15F3N4O3S2/c1-10(14(25)22-11-4-6-12(7-5-11)27-17(18,19)20)28-16-24-23-15(29-16)21-9-13-3-2-8-26-13/h2-8,10H,9H2,1H3,(H,21,23)(H,22,25). The summed E-state index contributed by atoms with van der Waals surface area (Å²) in [6.45, 7) is 2.16. The normalized spacial score (nSPS) is 12.4. The van der Waals surface area contributed by atoms with E-state index < -0.39 is 11.6 Å². The van der Waals surface area contributed by atoms with Crippen LogP contribution < -0.4 is 15.4 Å². The van der Waals surface area contributed by atoms with Crippen molar-refractivity contribution in [1.29, 1.82) is 0 Å². The van der Waals surface area contributed by atoms with Gasteiger partial charge >= 0.3 is 6.36 Å². The van der Waals surface area contributed by atoms with Gasteiger partial charge in [-0.15, -0.1) is 23.4 Å². The smallest absolute Gasteiger partial charge is 0.467 e. The molecule has 0 aliphatic carbocycles. The molecule has 0 aliphatic heterocycles. The van der Waals surface area contributed by atoms with Crippen molar-refractivity contribution in [3.63, 3.8) is 0 Å². The predicted octanol–water partition coefficient (Wildman–Crippen LogP) is 4.76. The van der Waals surface area contributed by atoms with E-state index >= 15 is 0 Å². The number of alkyl halides is 3. The molecule has 0 radical (unpaired) electrons. The van der Waals surface area contributed by atoms with Gasteiger partial charge in [-0.1, -0.05) is 23.1 Å². The first-order valence-electron chi connectivity index (χ1n) is 8.21. The molecule has 2 aromatic heterocycles. The van der Waals surface area contributed by atoms with Crippen molar-refractivity contribution in [2.24, 2.45) is 0 Å². The van der Waals surface area contributed by atoms with Gasteiger partial charge in [-0.25, -0.2) is 0 Å². The predicted molar refractivity (Wildman–Crippen MR) is 103 cm³/mol. The maximum Gasteiger partial charge on any atom is 0.573 e. The fraction of sp³-hybridized carbons (Fsp3) is 0.235. The molecule has 154 valence electrons. The van der Waals surface area contributed by atoms with Gasteiger partial charge < -0.3 is 19.8 Å². The number of carbonyl (C=O) groups excluding carboxylic acids is 1. The molecule has 0 fully saturated rings. The zero-order chi connectivity index (χ0) is 20.9. The van der Waals surface area contributed by atoms with E-state index in [0.29, 0.717) is 21.7 Å². The highest BCUT2D eigenvalue weighted by Gasteiger charge is 2.31. The fourth-order valence-electron chi connectivity index (χ4n) is 2.09. The maximum atomic E-state index is 12.3. The Morgan fingerprint density at radius 2 is 2.03 bits per heavy atom. The third-order valence-electron chi connectivity index (χ3n) is 3.40. The summed E-state index contributed by atoms with van der Waals surface area (Å²) >= 11 is 2.52. The Labute approximate surface area is 171 Å². The molecular weight excluding hydrogens is 429 g/mol. The Morgan fingerprint density at radius 3 is 2.69 bits per heavy atom. The van der Waals surface area contributed by atoms with Crippen LogP contribution in [-0.4, -0.2) is 27.7 Å². The molecule has 3 aromatic rings. The summed E-state index contributed by atoms with van der Waals surface area (Å²) in [7, 11) is 0. The Hall–Kier alpha value is -2.73. The van der Waals surface area contributed by atoms with Gasteiger partial charge in [-0.05, 0) is 43.3 Å². The van der Waals surface area contributed by atoms with Crippen molar-refractivity contribution in [3.05, 3.63) is 48.4 Å². The molecule has 1 unspecified atom stereocenters. The minimum Gasteiger partial charge on any atom is -0.467 e. The molecule has 3 rings (SSSR count). The lowest BCUT2D eigenvalue weighted by Crippen LogP contribution is -2.22. The first-order valence-corrected chi connectivity index (χ1v) is 9.91. The van der Waals surface area contributed by atoms with E-state index in [1.165, 1.54) is 35.2 Å². The molecule has 0 bridgehead atoms. The molecule has 1 amide bonds. The van der Waals surface area contributed by atoms with Gasteiger partial charge in [0.25, 0.3) is 0 Å². The number of thioether (sulfide) groups is 1. The van der Waals surface area contributed by atoms with Crippen LogP contribution in [-0.2, 0) is 11.3 Å². The SMILES string of the molecule is CC(Sc1nnc(NCc2ccco2)s1)C(=O)Nc1ccc(OC(F)(F)F)cc1. The Kier molecular flexibility index (Phi) is 6.64. The molecule has 12 heteroatoms. The highest BCUT2D eigenvalue weighted by atomic mass is 32.2. The number of furan rings is 1. The minimum atomic E-state index is -4.76. The Bertz CT molecular complexity index is 930. The highest BCUT2D eigenvalue weighted by molar-refractivity contribution is 8.02. The van der Waals surface area contributed by atoms with Crippen LogP contribution in [0.1, 0.15) is 12.7 Å². The highest BCUT2D eigenvalue weighted by Crippen LogP contribution is 2.30. The second kappa shape index (κ2) is 9.18. The number of benzene rings is 1. The number of rotatable bonds is 8. The third-order valence-corrected chi connectivity index (χ3v) is 5.47. The number of nitrogens with one attached hydrogen (secondary N) is 2. The van der Waals surface area contributed by atoms with Crippen LogP contribution >= 0.6 is 23.1 Å². The third kappa shape index (κ3) is 6.68. The maximum absolute atomic E-state index is 12.3. The number of halogens is 3. The van der Waals surface area contributed by atoms with Gasteiger partial charge in [0.2, 0.25) is 11.0 Å². The summed E-state index contributed by atoms with van der Waals surface area (Å²) in [6.07, 6.45) is -3.18. The molecule has 1 aromatic carbocycles. The number of aromatic nitrogens is 2. The van der Waals surface area contributed by atoms with E-state index in [0.717, 1.165) is 17.9 Å². The summed E-state index contributed by atoms with van der Waals surface area (Å²) in [4.78, 5) is 12.3. The number of hydrogen-bond donors (Lipinski definition) is 2. The number of ether oxygens (including phenoxy) is 1. The first kappa shape index (κ1) is 21.0. The largest absolute Gasteiger partial charge is 0.573 e. The summed E-state index contributed by atoms with van der Waals surface area (Å²) < 4.78 is 46.1. The second-order valence-electron chi connectivity index (χ2n) is 5.63. The van der Waals surface area contributed by atoms with Crippen molar-refractivity contribution < 1.29 is 27.1 Å². The molecule has 0 spiro atoms. The number of anilines is 2. The van der Waals surface area contributed by atoms with Gasteiger partial charge in [0.15, 0.2) is 4.34 Å². The van der Waals surface area contributed by atoms with Crippen LogP contribution in [0, 0.1) is 0 Å². The molecule has 1 atom stereocenters. The molecular formula is C17H15F3N4O3S2. The molecule has 2 N–H and O–H groups in total. The van der Waals surface area contributed by atoms with Crippen LogP contribution in [0.2, 0.25) is 0 Å². The van der Waals surface area contributed by atoms with Crippen molar-refractivity contribution in [1.82, 2.24) is 10.2 Å². The van der Waals surface area contributed by atoms with Crippen molar-refractivity contribution in [2.75, 3.05) is 10.6 Å². The molecule has 0 aliphatic rings. The lowest BCUT2D eigenvalue weighted by Gasteiger charge is -2.12. The fourth-order valence-corrected chi connectivity index (χ4v) is 3.98. The van der Waals surface area contributed by atoms with Crippen LogP contribution in [0.15, 0.2) is 51.4 Å². The monoisotopic (exact) mass is 444 g/mol. The van der Waals surface area contributed by atoms with Gasteiger partial charge in [0, 0.05) is 5.69 Å². The van der Waals surface area contributed by atoms with E-state index in [2.05, 4.69) is 25.6 Å². The average Bonchev–Trinajstić information content (AvgIpc) is 3.32. The molecule has 7 nitrogen and oxygen atoms in total. The molecule has 0 saturated heterocycles. The average molecular weight is 444 g/mol. The number of hydrogen-bond acceptors (Lipinski definition) is 8. The van der Waals surface area contributed by atoms with E-state index in [9.17, 15) is 18.0 Å². The zero-order valence-electron chi connectivity index (χ0n) is 14.9. The lowest BCUT2D eigenvalue weighted by atomic mass is 10.3. The summed E-state index contributed by atoms with van der Waals surface area (Å²) in [5.41, 5.74) is 0.357. The van der Waals surface area contributed by atoms with Gasteiger partial charge in [0.05, 0.1) is 18.1 Å². The van der Waals surface area contributed by atoms with Crippen LogP contribution in [0.25, 0.3) is 0 Å². The number of carbonyl (C=O) groups is 1. The van der Waals surface area contributed by atoms with E-state index in [1.807, 2.05) is 6.07 Å². The summed E-state index contributed by atoms with van der Waals surface area (Å²) in [5, 5.41) is 13.8. The quantitative estimate of drug-likeness (QED) is 0.484. The number of amides is 1. The van der Waals surface area contributed by atoms with Gasteiger partial charge in [0.1, 0.15) is 11.5 Å². The van der Waals surface area contributed by atoms with Crippen LogP contribution in [0.3, 0.4) is 0 Å².